The highest BCUT2D eigenvalue weighted by Crippen LogP contribution is 2.60. The normalized spacial score (nSPS) is 40.9. The number of rotatable bonds is 2. The van der Waals surface area contributed by atoms with E-state index in [4.69, 9.17) is 4.74 Å². The number of carboxylic acid groups (broad SMARTS) is 1. The lowest BCUT2D eigenvalue weighted by Gasteiger charge is -2.58. The zero-order valence-corrected chi connectivity index (χ0v) is 13.0. The number of ether oxygens (including phenoxy) is 1. The van der Waals surface area contributed by atoms with Crippen LogP contribution in [0, 0.1) is 23.2 Å². The molecule has 5 heteroatoms. The molecule has 4 fully saturated rings. The topological polar surface area (TPSA) is 75.6 Å². The molecular weight excluding hydrogens is 270 g/mol. The lowest BCUT2D eigenvalue weighted by atomic mass is 9.48. The van der Waals surface area contributed by atoms with Gasteiger partial charge in [0.05, 0.1) is 5.41 Å². The number of carbonyl (C=O) groups excluding carboxylic acids is 1. The van der Waals surface area contributed by atoms with Gasteiger partial charge in [-0.05, 0) is 70.6 Å². The Bertz CT molecular complexity index is 451. The molecule has 0 aromatic heterocycles. The number of hydrogen-bond acceptors (Lipinski definition) is 3. The second-order valence-corrected chi connectivity index (χ2v) is 8.23. The molecule has 0 saturated heterocycles. The number of carbonyl (C=O) groups is 2. The summed E-state index contributed by atoms with van der Waals surface area (Å²) in [6, 6.07) is 0.0869. The predicted molar refractivity (Wildman–Crippen MR) is 76.8 cm³/mol. The summed E-state index contributed by atoms with van der Waals surface area (Å²) < 4.78 is 5.35. The van der Waals surface area contributed by atoms with Crippen LogP contribution in [0.4, 0.5) is 4.79 Å². The van der Waals surface area contributed by atoms with Crippen molar-refractivity contribution in [1.82, 2.24) is 5.32 Å². The lowest BCUT2D eigenvalue weighted by Crippen LogP contribution is -2.61. The van der Waals surface area contributed by atoms with Gasteiger partial charge in [-0.25, -0.2) is 4.79 Å². The van der Waals surface area contributed by atoms with Gasteiger partial charge in [0.15, 0.2) is 0 Å². The second-order valence-electron chi connectivity index (χ2n) is 8.23. The molecule has 0 heterocycles. The van der Waals surface area contributed by atoms with Crippen LogP contribution in [0.15, 0.2) is 0 Å². The predicted octanol–water partition coefficient (Wildman–Crippen LogP) is 2.79. The summed E-state index contributed by atoms with van der Waals surface area (Å²) in [5.74, 6) is 0.465. The molecule has 5 nitrogen and oxygen atoms in total. The summed E-state index contributed by atoms with van der Waals surface area (Å²) in [5.41, 5.74) is -1.03. The van der Waals surface area contributed by atoms with Gasteiger partial charge in [-0.3, -0.25) is 4.79 Å². The van der Waals surface area contributed by atoms with Crippen molar-refractivity contribution < 1.29 is 19.4 Å². The van der Waals surface area contributed by atoms with E-state index in [1.165, 1.54) is 0 Å². The summed E-state index contributed by atoms with van der Waals surface area (Å²) in [4.78, 5) is 23.7. The first kappa shape index (κ1) is 14.7. The van der Waals surface area contributed by atoms with Crippen molar-refractivity contribution in [2.75, 3.05) is 0 Å². The molecule has 118 valence electrons. The van der Waals surface area contributed by atoms with Crippen LogP contribution >= 0.6 is 0 Å². The average molecular weight is 295 g/mol. The second kappa shape index (κ2) is 4.62. The van der Waals surface area contributed by atoms with Gasteiger partial charge in [0.2, 0.25) is 0 Å². The lowest BCUT2D eigenvalue weighted by molar-refractivity contribution is -0.167. The molecule has 21 heavy (non-hydrogen) atoms. The van der Waals surface area contributed by atoms with Gasteiger partial charge in [-0.15, -0.1) is 0 Å². The van der Waals surface area contributed by atoms with E-state index >= 15 is 0 Å². The molecule has 0 radical (unpaired) electrons. The van der Waals surface area contributed by atoms with Gasteiger partial charge in [0, 0.05) is 6.04 Å². The minimum absolute atomic E-state index is 0.0869. The quantitative estimate of drug-likeness (QED) is 0.821. The fourth-order valence-electron chi connectivity index (χ4n) is 4.97. The number of alkyl carbamates (subject to hydrolysis) is 1. The zero-order valence-electron chi connectivity index (χ0n) is 13.0. The fourth-order valence-corrected chi connectivity index (χ4v) is 4.97. The molecule has 5 atom stereocenters. The number of aliphatic carboxylic acids is 1. The Morgan fingerprint density at radius 3 is 2.19 bits per heavy atom. The number of nitrogens with one attached hydrogen (secondary N) is 1. The highest BCUT2D eigenvalue weighted by molar-refractivity contribution is 5.75. The van der Waals surface area contributed by atoms with Crippen molar-refractivity contribution in [2.24, 2.45) is 23.2 Å². The summed E-state index contributed by atoms with van der Waals surface area (Å²) in [5, 5.41) is 12.6. The van der Waals surface area contributed by atoms with Gasteiger partial charge < -0.3 is 15.2 Å². The molecule has 2 unspecified atom stereocenters. The van der Waals surface area contributed by atoms with E-state index in [9.17, 15) is 14.7 Å². The SMILES string of the molecule is CC(C)(C)OC(=O)N[C@@H]1C2CC3C[C@H]1C[C@@](C(=O)O)(C3)C2. The molecule has 0 aromatic rings. The van der Waals surface area contributed by atoms with E-state index in [-0.39, 0.29) is 12.1 Å². The van der Waals surface area contributed by atoms with Gasteiger partial charge >= 0.3 is 12.1 Å². The highest BCUT2D eigenvalue weighted by atomic mass is 16.6. The molecule has 4 bridgehead atoms. The van der Waals surface area contributed by atoms with Crippen molar-refractivity contribution >= 4 is 12.1 Å². The summed E-state index contributed by atoms with van der Waals surface area (Å²) in [6.45, 7) is 5.55. The maximum Gasteiger partial charge on any atom is 0.407 e. The summed E-state index contributed by atoms with van der Waals surface area (Å²) in [7, 11) is 0. The number of amides is 1. The molecule has 4 rings (SSSR count). The third-order valence-corrected chi connectivity index (χ3v) is 5.41. The van der Waals surface area contributed by atoms with E-state index < -0.39 is 17.0 Å². The first-order chi connectivity index (χ1) is 9.68. The van der Waals surface area contributed by atoms with Gasteiger partial charge in [-0.2, -0.15) is 0 Å². The highest BCUT2D eigenvalue weighted by Gasteiger charge is 2.59. The molecule has 0 aliphatic heterocycles. The van der Waals surface area contributed by atoms with Crippen LogP contribution in [-0.2, 0) is 9.53 Å². The number of hydrogen-bond donors (Lipinski definition) is 2. The average Bonchev–Trinajstić information content (AvgIpc) is 2.30. The van der Waals surface area contributed by atoms with Crippen molar-refractivity contribution in [3.05, 3.63) is 0 Å². The van der Waals surface area contributed by atoms with Crippen molar-refractivity contribution in [2.45, 2.75) is 64.5 Å². The van der Waals surface area contributed by atoms with Crippen LogP contribution in [0.3, 0.4) is 0 Å². The summed E-state index contributed by atoms with van der Waals surface area (Å²) in [6.07, 6.45) is 3.96. The smallest absolute Gasteiger partial charge is 0.407 e. The third-order valence-electron chi connectivity index (χ3n) is 5.41. The Kier molecular flexibility index (Phi) is 3.22. The Labute approximate surface area is 125 Å². The third kappa shape index (κ3) is 2.62. The minimum atomic E-state index is -0.641. The maximum absolute atomic E-state index is 12.0. The minimum Gasteiger partial charge on any atom is -0.481 e. The number of carboxylic acids is 1. The monoisotopic (exact) mass is 295 g/mol. The van der Waals surface area contributed by atoms with E-state index in [0.717, 1.165) is 19.3 Å². The van der Waals surface area contributed by atoms with E-state index in [1.54, 1.807) is 0 Å². The van der Waals surface area contributed by atoms with Gasteiger partial charge in [-0.1, -0.05) is 0 Å². The summed E-state index contributed by atoms with van der Waals surface area (Å²) >= 11 is 0. The fraction of sp³-hybridized carbons (Fsp3) is 0.875. The first-order valence-corrected chi connectivity index (χ1v) is 7.91. The van der Waals surface area contributed by atoms with Crippen molar-refractivity contribution in [3.8, 4) is 0 Å². The van der Waals surface area contributed by atoms with E-state index in [2.05, 4.69) is 5.32 Å². The van der Waals surface area contributed by atoms with Gasteiger partial charge in [0.25, 0.3) is 0 Å². The molecule has 2 N–H and O–H groups in total. The van der Waals surface area contributed by atoms with Crippen LogP contribution in [0.1, 0.15) is 52.9 Å². The molecular formula is C16H25NO4. The van der Waals surface area contributed by atoms with Crippen molar-refractivity contribution in [3.63, 3.8) is 0 Å². The van der Waals surface area contributed by atoms with Crippen LogP contribution in [0.2, 0.25) is 0 Å². The van der Waals surface area contributed by atoms with Gasteiger partial charge in [0.1, 0.15) is 5.60 Å². The standard InChI is InChI=1S/C16H25NO4/c1-15(2,3)21-14(20)17-12-10-4-9-5-11(12)8-16(6-9,7-10)13(18)19/h9-12H,4-8H2,1-3H3,(H,17,20)(H,18,19)/t9?,10-,11?,12-,16-/m0/s1. The van der Waals surface area contributed by atoms with Crippen LogP contribution in [-0.4, -0.2) is 28.8 Å². The Hall–Kier alpha value is -1.26. The zero-order chi connectivity index (χ0) is 15.4. The molecule has 4 aliphatic rings. The molecule has 0 aromatic carbocycles. The Morgan fingerprint density at radius 1 is 1.14 bits per heavy atom. The maximum atomic E-state index is 12.0. The Morgan fingerprint density at radius 2 is 1.71 bits per heavy atom. The van der Waals surface area contributed by atoms with E-state index in [0.29, 0.717) is 30.6 Å². The van der Waals surface area contributed by atoms with Crippen LogP contribution in [0.5, 0.6) is 0 Å². The van der Waals surface area contributed by atoms with Crippen molar-refractivity contribution in [1.29, 1.82) is 0 Å². The largest absolute Gasteiger partial charge is 0.481 e. The Balaban J connectivity index is 1.70. The molecule has 4 aliphatic carbocycles. The molecule has 4 saturated carbocycles. The molecule has 1 amide bonds. The van der Waals surface area contributed by atoms with Crippen LogP contribution in [0.25, 0.3) is 0 Å². The molecule has 0 spiro atoms. The van der Waals surface area contributed by atoms with E-state index in [1.807, 2.05) is 20.8 Å². The first-order valence-electron chi connectivity index (χ1n) is 7.91. The van der Waals surface area contributed by atoms with Crippen LogP contribution < -0.4 is 5.32 Å².